The second kappa shape index (κ2) is 7.27. The molecule has 7 heteroatoms. The predicted octanol–water partition coefficient (Wildman–Crippen LogP) is 3.66. The molecule has 0 unspecified atom stereocenters. The maximum Gasteiger partial charge on any atom is 0.221 e. The van der Waals surface area contributed by atoms with Gasteiger partial charge in [0.1, 0.15) is 12.1 Å². The fourth-order valence-electron chi connectivity index (χ4n) is 2.19. The minimum Gasteiger partial charge on any atom is -0.326 e. The Morgan fingerprint density at radius 3 is 2.88 bits per heavy atom. The maximum atomic E-state index is 13.7. The first-order chi connectivity index (χ1) is 11.6. The summed E-state index contributed by atoms with van der Waals surface area (Å²) in [4.78, 5) is 11.2. The van der Waals surface area contributed by atoms with Crippen LogP contribution in [0.2, 0.25) is 0 Å². The molecule has 3 rings (SSSR count). The van der Waals surface area contributed by atoms with Gasteiger partial charge in [-0.25, -0.2) is 4.39 Å². The van der Waals surface area contributed by atoms with Crippen LogP contribution in [-0.4, -0.2) is 20.7 Å². The van der Waals surface area contributed by atoms with Gasteiger partial charge in [0.05, 0.1) is 5.69 Å². The summed E-state index contributed by atoms with van der Waals surface area (Å²) in [5, 5.41) is 11.4. The van der Waals surface area contributed by atoms with Crippen LogP contribution >= 0.6 is 11.8 Å². The maximum absolute atomic E-state index is 13.7. The third-order valence-electron chi connectivity index (χ3n) is 3.28. The first-order valence-electron chi connectivity index (χ1n) is 7.28. The van der Waals surface area contributed by atoms with Crippen LogP contribution in [0, 0.1) is 5.82 Å². The minimum atomic E-state index is -0.233. The summed E-state index contributed by atoms with van der Waals surface area (Å²) in [5.74, 6) is 0.0882. The molecule has 24 heavy (non-hydrogen) atoms. The van der Waals surface area contributed by atoms with Crippen molar-refractivity contribution < 1.29 is 9.18 Å². The molecule has 0 fully saturated rings. The zero-order chi connectivity index (χ0) is 16.9. The van der Waals surface area contributed by atoms with Gasteiger partial charge < -0.3 is 5.32 Å². The molecule has 122 valence electrons. The van der Waals surface area contributed by atoms with Gasteiger partial charge >= 0.3 is 0 Å². The quantitative estimate of drug-likeness (QED) is 0.719. The number of aromatic nitrogens is 3. The van der Waals surface area contributed by atoms with Gasteiger partial charge in [0.2, 0.25) is 5.91 Å². The molecule has 1 amide bonds. The Hall–Kier alpha value is -2.67. The summed E-state index contributed by atoms with van der Waals surface area (Å²) in [7, 11) is 0. The molecular formula is C17H15FN4OS. The Kier molecular flexibility index (Phi) is 4.90. The molecule has 1 aromatic heterocycles. The monoisotopic (exact) mass is 342 g/mol. The fourth-order valence-corrected chi connectivity index (χ4v) is 3.11. The average molecular weight is 342 g/mol. The van der Waals surface area contributed by atoms with Crippen LogP contribution in [0.25, 0.3) is 5.69 Å². The number of amides is 1. The highest BCUT2D eigenvalue weighted by Gasteiger charge is 2.10. The lowest BCUT2D eigenvalue weighted by atomic mass is 10.2. The number of rotatable bonds is 5. The molecule has 0 aliphatic rings. The predicted molar refractivity (Wildman–Crippen MR) is 91.6 cm³/mol. The Morgan fingerprint density at radius 2 is 2.08 bits per heavy atom. The van der Waals surface area contributed by atoms with Crippen molar-refractivity contribution in [2.75, 3.05) is 5.32 Å². The fraction of sp³-hybridized carbons (Fsp3) is 0.118. The molecule has 1 heterocycles. The van der Waals surface area contributed by atoms with Gasteiger partial charge in [-0.2, -0.15) is 0 Å². The van der Waals surface area contributed by atoms with Crippen molar-refractivity contribution in [1.29, 1.82) is 0 Å². The number of nitrogens with one attached hydrogen (secondary N) is 1. The van der Waals surface area contributed by atoms with E-state index in [0.717, 1.165) is 5.69 Å². The molecule has 0 aliphatic heterocycles. The van der Waals surface area contributed by atoms with Gasteiger partial charge in [0.15, 0.2) is 5.16 Å². The lowest BCUT2D eigenvalue weighted by Crippen LogP contribution is -2.06. The Balaban J connectivity index is 1.80. The van der Waals surface area contributed by atoms with E-state index < -0.39 is 0 Å². The summed E-state index contributed by atoms with van der Waals surface area (Å²) >= 11 is 1.40. The van der Waals surface area contributed by atoms with E-state index in [1.807, 2.05) is 18.2 Å². The van der Waals surface area contributed by atoms with E-state index >= 15 is 0 Å². The summed E-state index contributed by atoms with van der Waals surface area (Å²) in [6.45, 7) is 1.46. The van der Waals surface area contributed by atoms with Crippen LogP contribution in [0.15, 0.2) is 60.0 Å². The van der Waals surface area contributed by atoms with Gasteiger partial charge in [-0.3, -0.25) is 9.36 Å². The standard InChI is InChI=1S/C17H15FN4OS/c1-12(23)20-14-6-4-7-15(9-14)22-11-19-21-17(22)24-10-13-5-2-3-8-16(13)18/h2-9,11H,10H2,1H3,(H,20,23). The average Bonchev–Trinajstić information content (AvgIpc) is 3.02. The molecule has 1 N–H and O–H groups in total. The topological polar surface area (TPSA) is 59.8 Å². The number of carbonyl (C=O) groups excluding carboxylic acids is 1. The smallest absolute Gasteiger partial charge is 0.221 e. The molecule has 3 aromatic rings. The highest BCUT2D eigenvalue weighted by molar-refractivity contribution is 7.98. The van der Waals surface area contributed by atoms with E-state index in [4.69, 9.17) is 0 Å². The number of carbonyl (C=O) groups is 1. The number of hydrogen-bond donors (Lipinski definition) is 1. The van der Waals surface area contributed by atoms with Gasteiger partial charge in [-0.05, 0) is 29.8 Å². The third kappa shape index (κ3) is 3.80. The highest BCUT2D eigenvalue weighted by atomic mass is 32.2. The number of hydrogen-bond acceptors (Lipinski definition) is 4. The Morgan fingerprint density at radius 1 is 1.25 bits per heavy atom. The van der Waals surface area contributed by atoms with Crippen molar-refractivity contribution in [3.05, 3.63) is 66.2 Å². The molecule has 0 spiro atoms. The third-order valence-corrected chi connectivity index (χ3v) is 4.27. The van der Waals surface area contributed by atoms with E-state index in [9.17, 15) is 9.18 Å². The van der Waals surface area contributed by atoms with Crippen LogP contribution in [0.3, 0.4) is 0 Å². The van der Waals surface area contributed by atoms with E-state index in [2.05, 4.69) is 15.5 Å². The molecule has 2 aromatic carbocycles. The number of nitrogens with zero attached hydrogens (tertiary/aromatic N) is 3. The van der Waals surface area contributed by atoms with Crippen LogP contribution in [0.5, 0.6) is 0 Å². The van der Waals surface area contributed by atoms with E-state index in [1.54, 1.807) is 35.2 Å². The van der Waals surface area contributed by atoms with E-state index in [0.29, 0.717) is 22.2 Å². The highest BCUT2D eigenvalue weighted by Crippen LogP contribution is 2.25. The van der Waals surface area contributed by atoms with Crippen molar-refractivity contribution in [2.45, 2.75) is 17.8 Å². The largest absolute Gasteiger partial charge is 0.326 e. The van der Waals surface area contributed by atoms with Crippen LogP contribution in [-0.2, 0) is 10.5 Å². The van der Waals surface area contributed by atoms with Gasteiger partial charge in [-0.1, -0.05) is 36.0 Å². The van der Waals surface area contributed by atoms with E-state index in [1.165, 1.54) is 24.8 Å². The van der Waals surface area contributed by atoms with Crippen molar-refractivity contribution in [1.82, 2.24) is 14.8 Å². The Bertz CT molecular complexity index is 865. The van der Waals surface area contributed by atoms with Crippen molar-refractivity contribution in [3.8, 4) is 5.69 Å². The number of benzene rings is 2. The minimum absolute atomic E-state index is 0.134. The summed E-state index contributed by atoms with van der Waals surface area (Å²) in [5.41, 5.74) is 2.13. The molecule has 0 aliphatic carbocycles. The lowest BCUT2D eigenvalue weighted by molar-refractivity contribution is -0.114. The molecule has 5 nitrogen and oxygen atoms in total. The van der Waals surface area contributed by atoms with Crippen LogP contribution < -0.4 is 5.32 Å². The Labute approximate surface area is 142 Å². The second-order valence-corrected chi connectivity index (χ2v) is 6.04. The summed E-state index contributed by atoms with van der Waals surface area (Å²) in [6, 6.07) is 14.0. The second-order valence-electron chi connectivity index (χ2n) is 5.10. The number of thioether (sulfide) groups is 1. The van der Waals surface area contributed by atoms with Crippen molar-refractivity contribution in [3.63, 3.8) is 0 Å². The normalized spacial score (nSPS) is 10.6. The molecular weight excluding hydrogens is 327 g/mol. The first kappa shape index (κ1) is 16.2. The molecule has 0 radical (unpaired) electrons. The SMILES string of the molecule is CC(=O)Nc1cccc(-n2cnnc2SCc2ccccc2F)c1. The number of halogens is 1. The van der Waals surface area contributed by atoms with Gasteiger partial charge in [0, 0.05) is 18.4 Å². The van der Waals surface area contributed by atoms with E-state index in [-0.39, 0.29) is 11.7 Å². The molecule has 0 bridgehead atoms. The molecule has 0 saturated carbocycles. The van der Waals surface area contributed by atoms with Crippen LogP contribution in [0.4, 0.5) is 10.1 Å². The first-order valence-corrected chi connectivity index (χ1v) is 8.26. The van der Waals surface area contributed by atoms with Gasteiger partial charge in [-0.15, -0.1) is 10.2 Å². The number of anilines is 1. The van der Waals surface area contributed by atoms with Gasteiger partial charge in [0.25, 0.3) is 0 Å². The lowest BCUT2D eigenvalue weighted by Gasteiger charge is -2.09. The molecule has 0 saturated heterocycles. The van der Waals surface area contributed by atoms with Crippen molar-refractivity contribution >= 4 is 23.4 Å². The zero-order valence-corrected chi connectivity index (χ0v) is 13.8. The zero-order valence-electron chi connectivity index (χ0n) is 12.9. The summed E-state index contributed by atoms with van der Waals surface area (Å²) < 4.78 is 15.5. The summed E-state index contributed by atoms with van der Waals surface area (Å²) in [6.07, 6.45) is 1.59. The van der Waals surface area contributed by atoms with Crippen molar-refractivity contribution in [2.24, 2.45) is 0 Å². The van der Waals surface area contributed by atoms with Crippen LogP contribution in [0.1, 0.15) is 12.5 Å². The molecule has 0 atom stereocenters.